The van der Waals surface area contributed by atoms with Gasteiger partial charge >= 0.3 is 0 Å². The van der Waals surface area contributed by atoms with Gasteiger partial charge in [-0.05, 0) is 30.9 Å². The molecule has 3 heteroatoms. The maximum Gasteiger partial charge on any atom is 0.171 e. The fraction of sp³-hybridized carbons (Fsp3) is 0.533. The topological polar surface area (TPSA) is 38.3 Å². The number of carbonyl (C=O) groups is 1. The van der Waals surface area contributed by atoms with E-state index in [9.17, 15) is 4.79 Å². The van der Waals surface area contributed by atoms with Crippen LogP contribution in [-0.2, 0) is 6.42 Å². The number of para-hydroxylation sites is 1. The molecule has 0 amide bonds. The molecule has 1 N–H and O–H groups in total. The zero-order valence-electron chi connectivity index (χ0n) is 10.3. The Hall–Kier alpha value is -1.35. The number of ketones is 1. The van der Waals surface area contributed by atoms with Crippen molar-refractivity contribution < 1.29 is 9.53 Å². The molecule has 4 rings (SSSR count). The van der Waals surface area contributed by atoms with Gasteiger partial charge in [0.05, 0.1) is 12.2 Å². The first-order valence-corrected chi connectivity index (χ1v) is 6.88. The van der Waals surface area contributed by atoms with Gasteiger partial charge in [0.2, 0.25) is 0 Å². The average Bonchev–Trinajstić information content (AvgIpc) is 3.12. The van der Waals surface area contributed by atoms with E-state index < -0.39 is 0 Å². The monoisotopic (exact) mass is 243 g/mol. The van der Waals surface area contributed by atoms with Crippen LogP contribution in [0.5, 0.6) is 5.75 Å². The van der Waals surface area contributed by atoms with Crippen LogP contribution in [0.25, 0.3) is 0 Å². The first-order valence-electron chi connectivity index (χ1n) is 6.88. The average molecular weight is 243 g/mol. The number of benzene rings is 1. The Morgan fingerprint density at radius 3 is 3.06 bits per heavy atom. The summed E-state index contributed by atoms with van der Waals surface area (Å²) in [5.41, 5.74) is 2.00. The highest BCUT2D eigenvalue weighted by Gasteiger charge is 2.43. The third-order valence-corrected chi connectivity index (χ3v) is 4.62. The molecule has 0 spiro atoms. The Balaban J connectivity index is 1.67. The number of hydrogen-bond donors (Lipinski definition) is 1. The van der Waals surface area contributed by atoms with E-state index in [2.05, 4.69) is 11.4 Å². The number of carbonyl (C=O) groups excluding carboxylic acids is 1. The van der Waals surface area contributed by atoms with Crippen molar-refractivity contribution in [1.82, 2.24) is 5.32 Å². The number of ether oxygens (including phenoxy) is 1. The van der Waals surface area contributed by atoms with Gasteiger partial charge in [-0.2, -0.15) is 0 Å². The number of hydrogen-bond acceptors (Lipinski definition) is 3. The number of Topliss-reactive ketones (excluding diaryl/α,β-unsaturated/α-hetero) is 1. The molecule has 0 radical (unpaired) electrons. The van der Waals surface area contributed by atoms with Gasteiger partial charge in [0.1, 0.15) is 5.75 Å². The molecule has 2 saturated heterocycles. The Bertz CT molecular complexity index is 511. The van der Waals surface area contributed by atoms with E-state index in [1.54, 1.807) is 0 Å². The lowest BCUT2D eigenvalue weighted by Gasteiger charge is -2.19. The highest BCUT2D eigenvalue weighted by Crippen LogP contribution is 2.38. The van der Waals surface area contributed by atoms with E-state index in [-0.39, 0.29) is 11.7 Å². The van der Waals surface area contributed by atoms with Crippen LogP contribution in [0.4, 0.5) is 0 Å². The minimum absolute atomic E-state index is 0.166. The Morgan fingerprint density at radius 1 is 1.33 bits per heavy atom. The zero-order chi connectivity index (χ0) is 12.1. The van der Waals surface area contributed by atoms with E-state index >= 15 is 0 Å². The van der Waals surface area contributed by atoms with E-state index in [4.69, 9.17) is 4.74 Å². The minimum Gasteiger partial charge on any atom is -0.492 e. The predicted octanol–water partition coefficient (Wildman–Crippen LogP) is 1.94. The molecule has 3 nitrogen and oxygen atoms in total. The third kappa shape index (κ3) is 1.43. The lowest BCUT2D eigenvalue weighted by molar-refractivity contribution is 0.0897. The van der Waals surface area contributed by atoms with E-state index in [1.165, 1.54) is 12.0 Å². The number of fused-ring (bicyclic) bond motifs is 3. The largest absolute Gasteiger partial charge is 0.492 e. The maximum atomic E-state index is 12.7. The second kappa shape index (κ2) is 3.82. The normalized spacial score (nSPS) is 32.3. The first-order chi connectivity index (χ1) is 8.83. The summed E-state index contributed by atoms with van der Waals surface area (Å²) in [6.45, 7) is 0.717. The summed E-state index contributed by atoms with van der Waals surface area (Å²) in [5.74, 6) is 1.30. The van der Waals surface area contributed by atoms with Crippen LogP contribution >= 0.6 is 0 Å². The Labute approximate surface area is 107 Å². The predicted molar refractivity (Wildman–Crippen MR) is 68.0 cm³/mol. The fourth-order valence-electron chi connectivity index (χ4n) is 3.72. The maximum absolute atomic E-state index is 12.7. The van der Waals surface area contributed by atoms with Gasteiger partial charge in [-0.3, -0.25) is 4.79 Å². The van der Waals surface area contributed by atoms with Crippen molar-refractivity contribution in [2.75, 3.05) is 6.61 Å². The van der Waals surface area contributed by atoms with Crippen molar-refractivity contribution in [3.63, 3.8) is 0 Å². The molecule has 94 valence electrons. The van der Waals surface area contributed by atoms with E-state index in [0.717, 1.165) is 30.6 Å². The molecule has 0 aliphatic carbocycles. The summed E-state index contributed by atoms with van der Waals surface area (Å²) in [6, 6.07) is 6.96. The van der Waals surface area contributed by atoms with Crippen molar-refractivity contribution in [2.45, 2.75) is 37.8 Å². The smallest absolute Gasteiger partial charge is 0.171 e. The molecule has 1 aromatic carbocycles. The molecule has 3 unspecified atom stereocenters. The van der Waals surface area contributed by atoms with Crippen molar-refractivity contribution in [3.05, 3.63) is 29.3 Å². The fourth-order valence-corrected chi connectivity index (χ4v) is 3.72. The van der Waals surface area contributed by atoms with Crippen LogP contribution in [0.3, 0.4) is 0 Å². The van der Waals surface area contributed by atoms with E-state index in [0.29, 0.717) is 18.7 Å². The quantitative estimate of drug-likeness (QED) is 0.807. The van der Waals surface area contributed by atoms with Gasteiger partial charge in [0.25, 0.3) is 0 Å². The van der Waals surface area contributed by atoms with Crippen molar-refractivity contribution in [2.24, 2.45) is 5.92 Å². The van der Waals surface area contributed by atoms with Crippen LogP contribution in [0.15, 0.2) is 18.2 Å². The van der Waals surface area contributed by atoms with Crippen LogP contribution in [-0.4, -0.2) is 24.5 Å². The minimum atomic E-state index is 0.166. The molecule has 0 aromatic heterocycles. The molecule has 18 heavy (non-hydrogen) atoms. The number of rotatable bonds is 2. The molecule has 3 atom stereocenters. The zero-order valence-corrected chi connectivity index (χ0v) is 10.3. The highest BCUT2D eigenvalue weighted by atomic mass is 16.5. The first kappa shape index (κ1) is 10.6. The van der Waals surface area contributed by atoms with E-state index in [1.807, 2.05) is 12.1 Å². The summed E-state index contributed by atoms with van der Waals surface area (Å²) in [7, 11) is 0. The van der Waals surface area contributed by atoms with Gasteiger partial charge in [-0.15, -0.1) is 0 Å². The standard InChI is InChI=1S/C15H17NO2/c17-14(12-8-10-4-5-13(12)16-10)11-3-1-2-9-6-7-18-15(9)11/h1-3,10,12-13,16H,4-8H2. The van der Waals surface area contributed by atoms with Gasteiger partial charge in [0, 0.05) is 24.4 Å². The van der Waals surface area contributed by atoms with Gasteiger partial charge in [-0.1, -0.05) is 12.1 Å². The van der Waals surface area contributed by atoms with Gasteiger partial charge in [0.15, 0.2) is 5.78 Å². The Morgan fingerprint density at radius 2 is 2.28 bits per heavy atom. The van der Waals surface area contributed by atoms with Crippen molar-refractivity contribution >= 4 is 5.78 Å². The summed E-state index contributed by atoms with van der Waals surface area (Å²) < 4.78 is 5.65. The van der Waals surface area contributed by atoms with Crippen molar-refractivity contribution in [3.8, 4) is 5.75 Å². The molecule has 3 aliphatic rings. The SMILES string of the molecule is O=C(c1cccc2c1OCC2)C1CC2CCC1N2. The summed E-state index contributed by atoms with van der Waals surface area (Å²) >= 11 is 0. The molecule has 1 aromatic rings. The van der Waals surface area contributed by atoms with Crippen molar-refractivity contribution in [1.29, 1.82) is 0 Å². The molecule has 3 heterocycles. The molecular weight excluding hydrogens is 226 g/mol. The van der Waals surface area contributed by atoms with Crippen LogP contribution < -0.4 is 10.1 Å². The third-order valence-electron chi connectivity index (χ3n) is 4.62. The summed E-state index contributed by atoms with van der Waals surface area (Å²) in [6.07, 6.45) is 4.33. The molecule has 3 aliphatic heterocycles. The van der Waals surface area contributed by atoms with Crippen LogP contribution in [0.1, 0.15) is 35.2 Å². The molecular formula is C15H17NO2. The van der Waals surface area contributed by atoms with Crippen LogP contribution in [0, 0.1) is 5.92 Å². The van der Waals surface area contributed by atoms with Gasteiger partial charge < -0.3 is 10.1 Å². The molecule has 2 fully saturated rings. The highest BCUT2D eigenvalue weighted by molar-refractivity contribution is 6.01. The second-order valence-electron chi connectivity index (χ2n) is 5.65. The Kier molecular flexibility index (Phi) is 2.24. The van der Waals surface area contributed by atoms with Gasteiger partial charge in [-0.25, -0.2) is 0 Å². The molecule has 0 saturated carbocycles. The second-order valence-corrected chi connectivity index (χ2v) is 5.65. The lowest BCUT2D eigenvalue weighted by atomic mass is 9.83. The molecule has 2 bridgehead atoms. The van der Waals surface area contributed by atoms with Crippen LogP contribution in [0.2, 0.25) is 0 Å². The number of nitrogens with one attached hydrogen (secondary N) is 1. The summed E-state index contributed by atoms with van der Waals surface area (Å²) in [4.78, 5) is 12.7. The summed E-state index contributed by atoms with van der Waals surface area (Å²) in [5, 5.41) is 3.53. The lowest BCUT2D eigenvalue weighted by Crippen LogP contribution is -2.29.